The van der Waals surface area contributed by atoms with Gasteiger partial charge >= 0.3 is 11.9 Å². The molecule has 0 bridgehead atoms. The highest BCUT2D eigenvalue weighted by atomic mass is 16.5. The second kappa shape index (κ2) is 8.69. The molecule has 138 valence electrons. The first-order valence-corrected chi connectivity index (χ1v) is 8.76. The number of ether oxygens (including phenoxy) is 2. The summed E-state index contributed by atoms with van der Waals surface area (Å²) < 4.78 is 10.2. The molecule has 1 aromatic rings. The molecule has 2 rings (SSSR count). The van der Waals surface area contributed by atoms with Crippen LogP contribution in [0.5, 0.6) is 0 Å². The van der Waals surface area contributed by atoms with Crippen molar-refractivity contribution in [3.05, 3.63) is 22.5 Å². The molecule has 1 aliphatic heterocycles. The van der Waals surface area contributed by atoms with Gasteiger partial charge < -0.3 is 19.4 Å². The number of esters is 2. The van der Waals surface area contributed by atoms with E-state index in [2.05, 4.69) is 4.98 Å². The molecule has 0 saturated carbocycles. The lowest BCUT2D eigenvalue weighted by molar-refractivity contribution is -0.134. The molecule has 25 heavy (non-hydrogen) atoms. The Morgan fingerprint density at radius 1 is 1.00 bits per heavy atom. The molecule has 0 atom stereocenters. The molecule has 0 aliphatic carbocycles. The molecular formula is C18H26N2O5. The summed E-state index contributed by atoms with van der Waals surface area (Å²) in [4.78, 5) is 41.1. The van der Waals surface area contributed by atoms with Crippen molar-refractivity contribution in [3.63, 3.8) is 0 Å². The zero-order valence-electron chi connectivity index (χ0n) is 15.1. The van der Waals surface area contributed by atoms with Crippen molar-refractivity contribution in [1.29, 1.82) is 0 Å². The fraction of sp³-hybridized carbons (Fsp3) is 0.611. The average molecular weight is 350 g/mol. The van der Waals surface area contributed by atoms with E-state index in [9.17, 15) is 14.4 Å². The zero-order valence-corrected chi connectivity index (χ0v) is 15.1. The van der Waals surface area contributed by atoms with Gasteiger partial charge in [-0.15, -0.1) is 0 Å². The smallest absolute Gasteiger partial charge is 0.355 e. The van der Waals surface area contributed by atoms with Gasteiger partial charge in [-0.05, 0) is 39.2 Å². The van der Waals surface area contributed by atoms with Crippen molar-refractivity contribution in [1.82, 2.24) is 9.88 Å². The Hall–Kier alpha value is -2.31. The van der Waals surface area contributed by atoms with Gasteiger partial charge in [-0.2, -0.15) is 0 Å². The summed E-state index contributed by atoms with van der Waals surface area (Å²) in [5.41, 5.74) is 1.54. The number of hydrogen-bond donors (Lipinski definition) is 1. The molecule has 1 amide bonds. The summed E-state index contributed by atoms with van der Waals surface area (Å²) in [6.45, 7) is 6.46. The van der Waals surface area contributed by atoms with Gasteiger partial charge in [-0.3, -0.25) is 4.79 Å². The number of rotatable bonds is 5. The van der Waals surface area contributed by atoms with E-state index >= 15 is 0 Å². The summed E-state index contributed by atoms with van der Waals surface area (Å²) in [6.07, 6.45) is 4.22. The zero-order chi connectivity index (χ0) is 18.4. The van der Waals surface area contributed by atoms with Crippen LogP contribution in [0.4, 0.5) is 0 Å². The van der Waals surface area contributed by atoms with Crippen molar-refractivity contribution in [2.75, 3.05) is 26.3 Å². The predicted molar refractivity (Wildman–Crippen MR) is 91.6 cm³/mol. The van der Waals surface area contributed by atoms with Crippen LogP contribution in [0, 0.1) is 13.8 Å². The van der Waals surface area contributed by atoms with Gasteiger partial charge in [-0.25, -0.2) is 9.59 Å². The molecule has 1 N–H and O–H groups in total. The summed E-state index contributed by atoms with van der Waals surface area (Å²) in [7, 11) is 0. The van der Waals surface area contributed by atoms with E-state index in [4.69, 9.17) is 9.47 Å². The van der Waals surface area contributed by atoms with Crippen LogP contribution in [-0.2, 0) is 14.3 Å². The van der Waals surface area contributed by atoms with E-state index < -0.39 is 11.9 Å². The Kier molecular flexibility index (Phi) is 6.61. The maximum atomic E-state index is 12.3. The number of hydrogen-bond acceptors (Lipinski definition) is 5. The lowest BCUT2D eigenvalue weighted by Gasteiger charge is -2.19. The molecule has 0 aromatic carbocycles. The summed E-state index contributed by atoms with van der Waals surface area (Å²) in [5.74, 6) is -1.30. The SMILES string of the molecule is CCOC(=O)c1c(C)[nH]c(C(=O)OCC(=O)N2CCCCCC2)c1C. The van der Waals surface area contributed by atoms with Crippen molar-refractivity contribution >= 4 is 17.8 Å². The van der Waals surface area contributed by atoms with E-state index in [0.717, 1.165) is 25.7 Å². The second-order valence-corrected chi connectivity index (χ2v) is 6.22. The highest BCUT2D eigenvalue weighted by Gasteiger charge is 2.25. The summed E-state index contributed by atoms with van der Waals surface area (Å²) in [5, 5.41) is 0. The highest BCUT2D eigenvalue weighted by molar-refractivity contribution is 5.99. The van der Waals surface area contributed by atoms with Crippen molar-refractivity contribution in [3.8, 4) is 0 Å². The van der Waals surface area contributed by atoms with Gasteiger partial charge in [0.2, 0.25) is 0 Å². The number of nitrogens with zero attached hydrogens (tertiary/aromatic N) is 1. The molecule has 0 radical (unpaired) electrons. The van der Waals surface area contributed by atoms with Crippen LogP contribution < -0.4 is 0 Å². The number of amides is 1. The van der Waals surface area contributed by atoms with Crippen LogP contribution >= 0.6 is 0 Å². The number of aromatic amines is 1. The highest BCUT2D eigenvalue weighted by Crippen LogP contribution is 2.20. The monoisotopic (exact) mass is 350 g/mol. The third kappa shape index (κ3) is 4.61. The minimum atomic E-state index is -0.640. The largest absolute Gasteiger partial charge is 0.462 e. The minimum absolute atomic E-state index is 0.179. The number of likely N-dealkylation sites (tertiary alicyclic amines) is 1. The fourth-order valence-corrected chi connectivity index (χ4v) is 3.07. The van der Waals surface area contributed by atoms with Crippen molar-refractivity contribution in [2.24, 2.45) is 0 Å². The van der Waals surface area contributed by atoms with Gasteiger partial charge in [-0.1, -0.05) is 12.8 Å². The number of H-pyrrole nitrogens is 1. The Balaban J connectivity index is 2.00. The molecule has 7 nitrogen and oxygen atoms in total. The summed E-state index contributed by atoms with van der Waals surface area (Å²) in [6, 6.07) is 0. The van der Waals surface area contributed by atoms with Crippen LogP contribution in [-0.4, -0.2) is 54.0 Å². The third-order valence-corrected chi connectivity index (χ3v) is 4.41. The van der Waals surface area contributed by atoms with Crippen molar-refractivity contribution < 1.29 is 23.9 Å². The number of aryl methyl sites for hydroxylation is 1. The van der Waals surface area contributed by atoms with Gasteiger partial charge in [0.05, 0.1) is 12.2 Å². The molecule has 1 aromatic heterocycles. The maximum Gasteiger partial charge on any atom is 0.355 e. The first-order valence-electron chi connectivity index (χ1n) is 8.76. The first-order chi connectivity index (χ1) is 12.0. The fourth-order valence-electron chi connectivity index (χ4n) is 3.07. The molecule has 1 aliphatic rings. The lowest BCUT2D eigenvalue weighted by atomic mass is 10.1. The van der Waals surface area contributed by atoms with E-state index in [1.165, 1.54) is 0 Å². The van der Waals surface area contributed by atoms with Crippen LogP contribution in [0.3, 0.4) is 0 Å². The van der Waals surface area contributed by atoms with E-state index in [1.54, 1.807) is 25.7 Å². The number of aromatic nitrogens is 1. The molecule has 0 spiro atoms. The maximum absolute atomic E-state index is 12.3. The van der Waals surface area contributed by atoms with E-state index in [0.29, 0.717) is 29.9 Å². The molecule has 2 heterocycles. The lowest BCUT2D eigenvalue weighted by Crippen LogP contribution is -2.35. The molecular weight excluding hydrogens is 324 g/mol. The summed E-state index contributed by atoms with van der Waals surface area (Å²) >= 11 is 0. The first kappa shape index (κ1) is 19.0. The molecule has 0 unspecified atom stereocenters. The third-order valence-electron chi connectivity index (χ3n) is 4.41. The number of carbonyl (C=O) groups is 3. The van der Waals surface area contributed by atoms with Crippen molar-refractivity contribution in [2.45, 2.75) is 46.5 Å². The molecule has 1 fully saturated rings. The van der Waals surface area contributed by atoms with Gasteiger partial charge in [0.25, 0.3) is 5.91 Å². The van der Waals surface area contributed by atoms with E-state index in [1.807, 2.05) is 0 Å². The topological polar surface area (TPSA) is 88.7 Å². The van der Waals surface area contributed by atoms with Gasteiger partial charge in [0, 0.05) is 18.8 Å². The van der Waals surface area contributed by atoms with E-state index in [-0.39, 0.29) is 24.8 Å². The number of carbonyl (C=O) groups excluding carboxylic acids is 3. The minimum Gasteiger partial charge on any atom is -0.462 e. The van der Waals surface area contributed by atoms with Crippen LogP contribution in [0.1, 0.15) is 64.7 Å². The quantitative estimate of drug-likeness (QED) is 0.824. The van der Waals surface area contributed by atoms with Crippen LogP contribution in [0.25, 0.3) is 0 Å². The number of nitrogens with one attached hydrogen (secondary N) is 1. The van der Waals surface area contributed by atoms with Crippen LogP contribution in [0.2, 0.25) is 0 Å². The average Bonchev–Trinajstić information content (AvgIpc) is 2.77. The molecule has 1 saturated heterocycles. The Bertz CT molecular complexity index is 642. The van der Waals surface area contributed by atoms with Gasteiger partial charge in [0.15, 0.2) is 6.61 Å². The van der Waals surface area contributed by atoms with Crippen LogP contribution in [0.15, 0.2) is 0 Å². The Morgan fingerprint density at radius 2 is 1.64 bits per heavy atom. The second-order valence-electron chi connectivity index (χ2n) is 6.22. The predicted octanol–water partition coefficient (Wildman–Crippen LogP) is 2.37. The Morgan fingerprint density at radius 3 is 2.24 bits per heavy atom. The molecule has 7 heteroatoms. The Labute approximate surface area is 147 Å². The normalized spacial score (nSPS) is 14.8. The van der Waals surface area contributed by atoms with Gasteiger partial charge in [0.1, 0.15) is 5.69 Å². The standard InChI is InChI=1S/C18H26N2O5/c1-4-24-17(22)15-12(2)16(19-13(15)3)18(23)25-11-14(21)20-9-7-5-6-8-10-20/h19H,4-11H2,1-3H3.